The third kappa shape index (κ3) is 4.52. The summed E-state index contributed by atoms with van der Waals surface area (Å²) < 4.78 is 0. The summed E-state index contributed by atoms with van der Waals surface area (Å²) in [6, 6.07) is 8.42. The lowest BCUT2D eigenvalue weighted by Gasteiger charge is -2.16. The van der Waals surface area contributed by atoms with Gasteiger partial charge in [-0.1, -0.05) is 30.3 Å². The summed E-state index contributed by atoms with van der Waals surface area (Å²) in [4.78, 5) is 21.5. The zero-order chi connectivity index (χ0) is 12.7. The van der Waals surface area contributed by atoms with Crippen molar-refractivity contribution >= 4 is 12.0 Å². The van der Waals surface area contributed by atoms with Crippen LogP contribution in [0.3, 0.4) is 0 Å². The van der Waals surface area contributed by atoms with Crippen molar-refractivity contribution in [1.82, 2.24) is 10.6 Å². The number of carbonyl (C=O) groups is 2. The quantitative estimate of drug-likeness (QED) is 0.585. The van der Waals surface area contributed by atoms with E-state index < -0.39 is 18.0 Å². The second-order valence-electron chi connectivity index (χ2n) is 3.37. The number of hydrogen-bond donors (Lipinski definition) is 4. The van der Waals surface area contributed by atoms with E-state index in [0.29, 0.717) is 0 Å². The van der Waals surface area contributed by atoms with Crippen LogP contribution in [-0.2, 0) is 4.79 Å². The topological polar surface area (TPSA) is 98.7 Å². The van der Waals surface area contributed by atoms with E-state index in [1.54, 1.807) is 24.3 Å². The molecule has 0 fully saturated rings. The molecule has 6 nitrogen and oxygen atoms in total. The molecule has 0 heterocycles. The van der Waals surface area contributed by atoms with E-state index in [0.717, 1.165) is 5.56 Å². The average molecular weight is 238 g/mol. The molecule has 0 radical (unpaired) electrons. The van der Waals surface area contributed by atoms with Crippen LogP contribution in [0, 0.1) is 0 Å². The first-order valence-electron chi connectivity index (χ1n) is 5.05. The molecule has 4 N–H and O–H groups in total. The lowest BCUT2D eigenvalue weighted by molar-refractivity contribution is -0.121. The molecule has 1 aromatic carbocycles. The maximum absolute atomic E-state index is 11.3. The molecular formula is C11H14N2O4. The molecule has 1 aromatic rings. The van der Waals surface area contributed by atoms with Crippen molar-refractivity contribution in [2.24, 2.45) is 0 Å². The van der Waals surface area contributed by atoms with E-state index >= 15 is 0 Å². The number of carboxylic acid groups (broad SMARTS) is 1. The highest BCUT2D eigenvalue weighted by Gasteiger charge is 2.13. The molecule has 92 valence electrons. The van der Waals surface area contributed by atoms with Crippen molar-refractivity contribution in [3.05, 3.63) is 35.9 Å². The highest BCUT2D eigenvalue weighted by Crippen LogP contribution is 2.10. The van der Waals surface area contributed by atoms with Crippen LogP contribution in [0.15, 0.2) is 30.3 Å². The standard InChI is InChI=1S/C11H14N2O4/c14-7-9(8-4-2-1-3-5-8)13-10(15)6-12-11(16)17/h1-5,9,12,14H,6-7H2,(H,13,15)(H,16,17)/t9-/m0/s1. The maximum Gasteiger partial charge on any atom is 0.405 e. The number of amides is 2. The molecule has 0 unspecified atom stereocenters. The van der Waals surface area contributed by atoms with Crippen LogP contribution in [0.2, 0.25) is 0 Å². The smallest absolute Gasteiger partial charge is 0.405 e. The van der Waals surface area contributed by atoms with Gasteiger partial charge in [-0.3, -0.25) is 4.79 Å². The van der Waals surface area contributed by atoms with E-state index in [2.05, 4.69) is 5.32 Å². The molecule has 0 aliphatic carbocycles. The number of carbonyl (C=O) groups excluding carboxylic acids is 1. The van der Waals surface area contributed by atoms with Gasteiger partial charge in [0.05, 0.1) is 12.6 Å². The number of rotatable bonds is 5. The van der Waals surface area contributed by atoms with Crippen LogP contribution in [0.5, 0.6) is 0 Å². The number of benzene rings is 1. The van der Waals surface area contributed by atoms with Crippen molar-refractivity contribution in [1.29, 1.82) is 0 Å². The van der Waals surface area contributed by atoms with E-state index in [-0.39, 0.29) is 13.2 Å². The lowest BCUT2D eigenvalue weighted by Crippen LogP contribution is -2.39. The fourth-order valence-electron chi connectivity index (χ4n) is 1.32. The molecule has 0 saturated carbocycles. The van der Waals surface area contributed by atoms with Crippen LogP contribution in [0.1, 0.15) is 11.6 Å². The van der Waals surface area contributed by atoms with Crippen LogP contribution in [-0.4, -0.2) is 35.4 Å². The van der Waals surface area contributed by atoms with Gasteiger partial charge in [0.15, 0.2) is 0 Å². The van der Waals surface area contributed by atoms with E-state index in [1.165, 1.54) is 0 Å². The Morgan fingerprint density at radius 3 is 2.41 bits per heavy atom. The molecule has 0 bridgehead atoms. The normalized spacial score (nSPS) is 11.6. The third-order valence-electron chi connectivity index (χ3n) is 2.12. The Morgan fingerprint density at radius 1 is 1.24 bits per heavy atom. The van der Waals surface area contributed by atoms with Crippen LogP contribution in [0.25, 0.3) is 0 Å². The van der Waals surface area contributed by atoms with E-state index in [9.17, 15) is 9.59 Å². The number of hydrogen-bond acceptors (Lipinski definition) is 3. The summed E-state index contributed by atoms with van der Waals surface area (Å²) in [6.45, 7) is -0.582. The second-order valence-corrected chi connectivity index (χ2v) is 3.37. The molecule has 0 aromatic heterocycles. The molecule has 1 rings (SSSR count). The lowest BCUT2D eigenvalue weighted by atomic mass is 10.1. The highest BCUT2D eigenvalue weighted by atomic mass is 16.4. The van der Waals surface area contributed by atoms with Gasteiger partial charge in [0, 0.05) is 0 Å². The minimum Gasteiger partial charge on any atom is -0.465 e. The SMILES string of the molecule is O=C(O)NCC(=O)N[C@@H](CO)c1ccccc1. The molecule has 0 aliphatic heterocycles. The highest BCUT2D eigenvalue weighted by molar-refractivity contribution is 5.81. The van der Waals surface area contributed by atoms with Crippen molar-refractivity contribution in [3.63, 3.8) is 0 Å². The van der Waals surface area contributed by atoms with Gasteiger partial charge in [-0.2, -0.15) is 0 Å². The molecular weight excluding hydrogens is 224 g/mol. The van der Waals surface area contributed by atoms with Crippen molar-refractivity contribution in [2.75, 3.05) is 13.2 Å². The van der Waals surface area contributed by atoms with Crippen LogP contribution >= 0.6 is 0 Å². The number of nitrogens with one attached hydrogen (secondary N) is 2. The summed E-state index contributed by atoms with van der Waals surface area (Å²) in [7, 11) is 0. The van der Waals surface area contributed by atoms with Crippen molar-refractivity contribution in [3.8, 4) is 0 Å². The fourth-order valence-corrected chi connectivity index (χ4v) is 1.32. The van der Waals surface area contributed by atoms with Gasteiger partial charge in [0.2, 0.25) is 5.91 Å². The monoisotopic (exact) mass is 238 g/mol. The molecule has 2 amide bonds. The molecule has 6 heteroatoms. The fraction of sp³-hybridized carbons (Fsp3) is 0.273. The predicted molar refractivity (Wildman–Crippen MR) is 60.4 cm³/mol. The second kappa shape index (κ2) is 6.49. The summed E-state index contributed by atoms with van der Waals surface area (Å²) in [5.41, 5.74) is 0.763. The van der Waals surface area contributed by atoms with Crippen LogP contribution < -0.4 is 10.6 Å². The molecule has 0 spiro atoms. The Hall–Kier alpha value is -2.08. The van der Waals surface area contributed by atoms with Gasteiger partial charge < -0.3 is 20.8 Å². The third-order valence-corrected chi connectivity index (χ3v) is 2.12. The van der Waals surface area contributed by atoms with Gasteiger partial charge >= 0.3 is 6.09 Å². The number of aliphatic hydroxyl groups is 1. The Morgan fingerprint density at radius 2 is 1.88 bits per heavy atom. The molecule has 0 aliphatic rings. The maximum atomic E-state index is 11.3. The summed E-state index contributed by atoms with van der Waals surface area (Å²) in [5.74, 6) is -0.490. The molecule has 0 saturated heterocycles. The van der Waals surface area contributed by atoms with E-state index in [4.69, 9.17) is 10.2 Å². The Bertz CT molecular complexity index is 380. The van der Waals surface area contributed by atoms with Crippen LogP contribution in [0.4, 0.5) is 4.79 Å². The van der Waals surface area contributed by atoms with Gasteiger partial charge in [-0.25, -0.2) is 4.79 Å². The van der Waals surface area contributed by atoms with Gasteiger partial charge in [-0.05, 0) is 5.56 Å². The van der Waals surface area contributed by atoms with Crippen molar-refractivity contribution in [2.45, 2.75) is 6.04 Å². The Kier molecular flexibility index (Phi) is 4.96. The molecule has 1 atom stereocenters. The van der Waals surface area contributed by atoms with E-state index in [1.807, 2.05) is 11.4 Å². The zero-order valence-electron chi connectivity index (χ0n) is 9.09. The predicted octanol–water partition coefficient (Wildman–Crippen LogP) is 0.104. The molecule has 17 heavy (non-hydrogen) atoms. The summed E-state index contributed by atoms with van der Waals surface area (Å²) in [5, 5.41) is 22.0. The van der Waals surface area contributed by atoms with Gasteiger partial charge in [-0.15, -0.1) is 0 Å². The van der Waals surface area contributed by atoms with Gasteiger partial charge in [0.25, 0.3) is 0 Å². The first kappa shape index (κ1) is 13.0. The Balaban J connectivity index is 2.53. The Labute approximate surface area is 98.3 Å². The minimum atomic E-state index is -1.26. The summed E-state index contributed by atoms with van der Waals surface area (Å²) in [6.07, 6.45) is -1.26. The van der Waals surface area contributed by atoms with Crippen molar-refractivity contribution < 1.29 is 19.8 Å². The summed E-state index contributed by atoms with van der Waals surface area (Å²) >= 11 is 0. The number of aliphatic hydroxyl groups excluding tert-OH is 1. The first-order chi connectivity index (χ1) is 8.13. The average Bonchev–Trinajstić information content (AvgIpc) is 2.34. The largest absolute Gasteiger partial charge is 0.465 e. The minimum absolute atomic E-state index is 0.247. The first-order valence-corrected chi connectivity index (χ1v) is 5.05. The van der Waals surface area contributed by atoms with Gasteiger partial charge in [0.1, 0.15) is 6.54 Å². The zero-order valence-corrected chi connectivity index (χ0v) is 9.09.